The van der Waals surface area contributed by atoms with Gasteiger partial charge in [-0.05, 0) is 60.3 Å². The first-order chi connectivity index (χ1) is 9.61. The van der Waals surface area contributed by atoms with E-state index < -0.39 is 0 Å². The molecule has 0 heterocycles. The molecule has 1 nitrogen and oxygen atoms in total. The number of halogens is 2. The van der Waals surface area contributed by atoms with Crippen molar-refractivity contribution in [3.63, 3.8) is 0 Å². The summed E-state index contributed by atoms with van der Waals surface area (Å²) in [5.41, 5.74) is 4.83. The van der Waals surface area contributed by atoms with Crippen molar-refractivity contribution in [3.05, 3.63) is 57.6 Å². The molecule has 0 amide bonds. The van der Waals surface area contributed by atoms with Crippen LogP contribution < -0.4 is 5.32 Å². The topological polar surface area (TPSA) is 12.0 Å². The van der Waals surface area contributed by atoms with Crippen molar-refractivity contribution in [1.29, 1.82) is 0 Å². The lowest BCUT2D eigenvalue weighted by Gasteiger charge is -2.11. The Kier molecular flexibility index (Phi) is 5.47. The molecule has 0 aliphatic rings. The summed E-state index contributed by atoms with van der Waals surface area (Å²) in [6, 6.07) is 12.3. The highest BCUT2D eigenvalue weighted by molar-refractivity contribution is 6.42. The van der Waals surface area contributed by atoms with E-state index in [9.17, 15) is 0 Å². The molecule has 0 bridgehead atoms. The smallest absolute Gasteiger partial charge is 0.0598 e. The van der Waals surface area contributed by atoms with Gasteiger partial charge in [-0.3, -0.25) is 0 Å². The van der Waals surface area contributed by atoms with Gasteiger partial charge >= 0.3 is 0 Å². The van der Waals surface area contributed by atoms with Gasteiger partial charge in [-0.1, -0.05) is 48.3 Å². The average Bonchev–Trinajstić information content (AvgIpc) is 2.44. The summed E-state index contributed by atoms with van der Waals surface area (Å²) in [4.78, 5) is 0. The Bertz CT molecular complexity index is 594. The zero-order valence-electron chi connectivity index (χ0n) is 11.8. The third kappa shape index (κ3) is 3.76. The van der Waals surface area contributed by atoms with Crippen LogP contribution in [0, 0.1) is 6.92 Å². The Morgan fingerprint density at radius 1 is 1.00 bits per heavy atom. The lowest BCUT2D eigenvalue weighted by molar-refractivity contribution is 0.675. The van der Waals surface area contributed by atoms with Gasteiger partial charge in [0, 0.05) is 6.54 Å². The third-order valence-corrected chi connectivity index (χ3v) is 4.03. The van der Waals surface area contributed by atoms with Gasteiger partial charge in [-0.25, -0.2) is 0 Å². The van der Waals surface area contributed by atoms with E-state index in [1.807, 2.05) is 18.2 Å². The summed E-state index contributed by atoms with van der Waals surface area (Å²) >= 11 is 12.1. The highest BCUT2D eigenvalue weighted by atomic mass is 35.5. The van der Waals surface area contributed by atoms with Crippen molar-refractivity contribution in [3.8, 4) is 11.1 Å². The first-order valence-corrected chi connectivity index (χ1v) is 7.63. The molecule has 3 heteroatoms. The molecule has 0 unspecified atom stereocenters. The second-order valence-corrected chi connectivity index (χ2v) is 5.77. The van der Waals surface area contributed by atoms with E-state index in [-0.39, 0.29) is 0 Å². The van der Waals surface area contributed by atoms with Crippen molar-refractivity contribution >= 4 is 23.2 Å². The molecule has 2 aromatic carbocycles. The van der Waals surface area contributed by atoms with Crippen LogP contribution in [-0.2, 0) is 6.54 Å². The van der Waals surface area contributed by atoms with Crippen LogP contribution in [0.15, 0.2) is 36.4 Å². The molecule has 20 heavy (non-hydrogen) atoms. The molecule has 2 rings (SSSR count). The molecule has 0 saturated carbocycles. The summed E-state index contributed by atoms with van der Waals surface area (Å²) in [6.07, 6.45) is 1.14. The van der Waals surface area contributed by atoms with Gasteiger partial charge in [0.1, 0.15) is 0 Å². The zero-order valence-corrected chi connectivity index (χ0v) is 13.4. The van der Waals surface area contributed by atoms with E-state index in [0.717, 1.165) is 25.1 Å². The molecule has 0 aliphatic heterocycles. The molecule has 2 aromatic rings. The van der Waals surface area contributed by atoms with E-state index in [1.54, 1.807) is 0 Å². The Morgan fingerprint density at radius 3 is 2.50 bits per heavy atom. The Balaban J connectivity index is 2.29. The van der Waals surface area contributed by atoms with Gasteiger partial charge in [0.15, 0.2) is 0 Å². The van der Waals surface area contributed by atoms with Gasteiger partial charge in [-0.2, -0.15) is 0 Å². The van der Waals surface area contributed by atoms with Crippen molar-refractivity contribution in [2.24, 2.45) is 0 Å². The molecule has 1 N–H and O–H groups in total. The Labute approximate surface area is 130 Å². The van der Waals surface area contributed by atoms with Crippen LogP contribution in [0.1, 0.15) is 24.5 Å². The molecule has 0 saturated heterocycles. The van der Waals surface area contributed by atoms with Crippen molar-refractivity contribution < 1.29 is 0 Å². The molecule has 106 valence electrons. The predicted octanol–water partition coefficient (Wildman–Crippen LogP) is 5.47. The van der Waals surface area contributed by atoms with Gasteiger partial charge in [0.2, 0.25) is 0 Å². The van der Waals surface area contributed by atoms with E-state index in [4.69, 9.17) is 23.2 Å². The molecular formula is C17H19Cl2N. The third-order valence-electron chi connectivity index (χ3n) is 3.29. The summed E-state index contributed by atoms with van der Waals surface area (Å²) in [7, 11) is 0. The first-order valence-electron chi connectivity index (χ1n) is 6.87. The molecule has 0 radical (unpaired) electrons. The second-order valence-electron chi connectivity index (χ2n) is 4.95. The van der Waals surface area contributed by atoms with Crippen LogP contribution >= 0.6 is 23.2 Å². The Morgan fingerprint density at radius 2 is 1.80 bits per heavy atom. The summed E-state index contributed by atoms with van der Waals surface area (Å²) in [6.45, 7) is 6.21. The number of hydrogen-bond acceptors (Lipinski definition) is 1. The lowest BCUT2D eigenvalue weighted by atomic mass is 9.98. The van der Waals surface area contributed by atoms with Crippen LogP contribution in [0.25, 0.3) is 11.1 Å². The Hall–Kier alpha value is -1.02. The van der Waals surface area contributed by atoms with Crippen LogP contribution in [0.3, 0.4) is 0 Å². The lowest BCUT2D eigenvalue weighted by Crippen LogP contribution is -2.13. The maximum Gasteiger partial charge on any atom is 0.0598 e. The fourth-order valence-corrected chi connectivity index (χ4v) is 2.46. The average molecular weight is 308 g/mol. The maximum absolute atomic E-state index is 6.11. The minimum Gasteiger partial charge on any atom is -0.313 e. The molecule has 0 aliphatic carbocycles. The van der Waals surface area contributed by atoms with Gasteiger partial charge < -0.3 is 5.32 Å². The van der Waals surface area contributed by atoms with E-state index >= 15 is 0 Å². The fraction of sp³-hybridized carbons (Fsp3) is 0.294. The molecule has 0 atom stereocenters. The molecule has 0 fully saturated rings. The summed E-state index contributed by atoms with van der Waals surface area (Å²) in [5.74, 6) is 0. The predicted molar refractivity (Wildman–Crippen MR) is 88.6 cm³/mol. The molecule has 0 spiro atoms. The largest absolute Gasteiger partial charge is 0.313 e. The van der Waals surface area contributed by atoms with E-state index in [2.05, 4.69) is 37.4 Å². The monoisotopic (exact) mass is 307 g/mol. The first kappa shape index (κ1) is 15.4. The fourth-order valence-electron chi connectivity index (χ4n) is 2.16. The number of nitrogens with one attached hydrogen (secondary N) is 1. The van der Waals surface area contributed by atoms with Crippen LogP contribution in [0.5, 0.6) is 0 Å². The zero-order chi connectivity index (χ0) is 14.5. The summed E-state index contributed by atoms with van der Waals surface area (Å²) < 4.78 is 0. The minimum atomic E-state index is 0.592. The van der Waals surface area contributed by atoms with E-state index in [1.165, 1.54) is 16.7 Å². The highest BCUT2D eigenvalue weighted by Crippen LogP contribution is 2.30. The summed E-state index contributed by atoms with van der Waals surface area (Å²) in [5, 5.41) is 4.61. The van der Waals surface area contributed by atoms with Crippen LogP contribution in [0.4, 0.5) is 0 Å². The SMILES string of the molecule is CCCNCc1ccc(C)c(-c2ccc(Cl)c(Cl)c2)c1. The van der Waals surface area contributed by atoms with Crippen molar-refractivity contribution in [1.82, 2.24) is 5.32 Å². The second kappa shape index (κ2) is 7.12. The molecule has 0 aromatic heterocycles. The number of rotatable bonds is 5. The van der Waals surface area contributed by atoms with Crippen LogP contribution in [0.2, 0.25) is 10.0 Å². The van der Waals surface area contributed by atoms with Gasteiger partial charge in [0.25, 0.3) is 0 Å². The van der Waals surface area contributed by atoms with Crippen molar-refractivity contribution in [2.45, 2.75) is 26.8 Å². The van der Waals surface area contributed by atoms with Gasteiger partial charge in [0.05, 0.1) is 10.0 Å². The van der Waals surface area contributed by atoms with E-state index in [0.29, 0.717) is 10.0 Å². The normalized spacial score (nSPS) is 10.8. The minimum absolute atomic E-state index is 0.592. The van der Waals surface area contributed by atoms with Crippen LogP contribution in [-0.4, -0.2) is 6.54 Å². The standard InChI is InChI=1S/C17H19Cl2N/c1-3-8-20-11-13-5-4-12(2)15(9-13)14-6-7-16(18)17(19)10-14/h4-7,9-10,20H,3,8,11H2,1-2H3. The number of aryl methyl sites for hydroxylation is 1. The van der Waals surface area contributed by atoms with Crippen molar-refractivity contribution in [2.75, 3.05) is 6.54 Å². The highest BCUT2D eigenvalue weighted by Gasteiger charge is 2.06. The number of benzene rings is 2. The maximum atomic E-state index is 6.11. The molecular weight excluding hydrogens is 289 g/mol. The quantitative estimate of drug-likeness (QED) is 0.722. The van der Waals surface area contributed by atoms with Gasteiger partial charge in [-0.15, -0.1) is 0 Å². The number of hydrogen-bond donors (Lipinski definition) is 1.